The molecule has 3 rings (SSSR count). The lowest BCUT2D eigenvalue weighted by molar-refractivity contribution is -0.121. The molecule has 1 aromatic carbocycles. The first-order chi connectivity index (χ1) is 13.2. The Bertz CT molecular complexity index is 953. The molecule has 0 aliphatic rings. The van der Waals surface area contributed by atoms with Gasteiger partial charge in [0, 0.05) is 30.6 Å². The van der Waals surface area contributed by atoms with E-state index < -0.39 is 0 Å². The average Bonchev–Trinajstić information content (AvgIpc) is 2.70. The van der Waals surface area contributed by atoms with Gasteiger partial charge in [0.05, 0.1) is 18.6 Å². The molecule has 2 aromatic heterocycles. The zero-order chi connectivity index (χ0) is 19.1. The highest BCUT2D eigenvalue weighted by molar-refractivity contribution is 5.75. The van der Waals surface area contributed by atoms with Crippen LogP contribution in [0.3, 0.4) is 0 Å². The Morgan fingerprint density at radius 2 is 2.04 bits per heavy atom. The zero-order valence-corrected chi connectivity index (χ0v) is 15.0. The molecule has 1 amide bonds. The number of pyridine rings is 1. The summed E-state index contributed by atoms with van der Waals surface area (Å²) in [6.07, 6.45) is 4.74. The van der Waals surface area contributed by atoms with Crippen LogP contribution in [0.2, 0.25) is 0 Å². The minimum Gasteiger partial charge on any atom is -0.494 e. The van der Waals surface area contributed by atoms with E-state index in [1.165, 1.54) is 17.0 Å². The third-order valence-electron chi connectivity index (χ3n) is 3.87. The van der Waals surface area contributed by atoms with Gasteiger partial charge in [0.1, 0.15) is 12.3 Å². The van der Waals surface area contributed by atoms with E-state index in [0.717, 1.165) is 16.9 Å². The van der Waals surface area contributed by atoms with Gasteiger partial charge in [-0.3, -0.25) is 19.1 Å². The summed E-state index contributed by atoms with van der Waals surface area (Å²) in [5.74, 6) is 0.497. The van der Waals surface area contributed by atoms with Gasteiger partial charge in [0.25, 0.3) is 5.56 Å². The second kappa shape index (κ2) is 8.75. The topological polar surface area (TPSA) is 86.1 Å². The molecule has 27 heavy (non-hydrogen) atoms. The minimum absolute atomic E-state index is 0.0876. The predicted molar refractivity (Wildman–Crippen MR) is 101 cm³/mol. The standard InChI is InChI=1S/C20H20N4O3/c1-2-27-17-7-5-16(6-8-17)18-10-20(26)24(14-23-18)13-19(25)22-12-15-4-3-9-21-11-15/h3-11,14H,2,12-13H2,1H3,(H,22,25). The Balaban J connectivity index is 1.64. The van der Waals surface area contributed by atoms with Crippen LogP contribution in [0.15, 0.2) is 66.0 Å². The summed E-state index contributed by atoms with van der Waals surface area (Å²) < 4.78 is 6.68. The average molecular weight is 364 g/mol. The van der Waals surface area contributed by atoms with E-state index in [-0.39, 0.29) is 18.0 Å². The fourth-order valence-corrected chi connectivity index (χ4v) is 2.51. The Kier molecular flexibility index (Phi) is 5.94. The van der Waals surface area contributed by atoms with Crippen molar-refractivity contribution in [3.8, 4) is 17.0 Å². The molecule has 0 spiro atoms. The number of carbonyl (C=O) groups is 1. The van der Waals surface area contributed by atoms with Gasteiger partial charge in [-0.15, -0.1) is 0 Å². The van der Waals surface area contributed by atoms with Crippen LogP contribution in [0, 0.1) is 0 Å². The van der Waals surface area contributed by atoms with Crippen LogP contribution in [0.5, 0.6) is 5.75 Å². The van der Waals surface area contributed by atoms with Gasteiger partial charge in [-0.05, 0) is 42.8 Å². The maximum atomic E-state index is 12.3. The van der Waals surface area contributed by atoms with Crippen molar-refractivity contribution >= 4 is 5.91 Å². The fraction of sp³-hybridized carbons (Fsp3) is 0.200. The van der Waals surface area contributed by atoms with Gasteiger partial charge in [-0.25, -0.2) is 4.98 Å². The van der Waals surface area contributed by atoms with Crippen LogP contribution in [0.1, 0.15) is 12.5 Å². The monoisotopic (exact) mass is 364 g/mol. The largest absolute Gasteiger partial charge is 0.494 e. The van der Waals surface area contributed by atoms with Crippen molar-refractivity contribution in [1.82, 2.24) is 19.9 Å². The van der Waals surface area contributed by atoms with Crippen LogP contribution in [0.4, 0.5) is 0 Å². The number of hydrogen-bond donors (Lipinski definition) is 1. The quantitative estimate of drug-likeness (QED) is 0.693. The van der Waals surface area contributed by atoms with E-state index in [9.17, 15) is 9.59 Å². The van der Waals surface area contributed by atoms with Crippen molar-refractivity contribution in [2.45, 2.75) is 20.0 Å². The number of hydrogen-bond acceptors (Lipinski definition) is 5. The Labute approximate surface area is 156 Å². The molecule has 2 heterocycles. The number of carbonyl (C=O) groups excluding carboxylic acids is 1. The highest BCUT2D eigenvalue weighted by Crippen LogP contribution is 2.19. The van der Waals surface area contributed by atoms with Crippen LogP contribution >= 0.6 is 0 Å². The van der Waals surface area contributed by atoms with Gasteiger partial charge in [-0.1, -0.05) is 6.07 Å². The first kappa shape index (κ1) is 18.3. The van der Waals surface area contributed by atoms with E-state index in [1.807, 2.05) is 37.3 Å². The Hall–Kier alpha value is -3.48. The van der Waals surface area contributed by atoms with Gasteiger partial charge in [0.15, 0.2) is 0 Å². The number of benzene rings is 1. The SMILES string of the molecule is CCOc1ccc(-c2cc(=O)n(CC(=O)NCc3cccnc3)cn2)cc1. The van der Waals surface area contributed by atoms with Gasteiger partial charge in [0.2, 0.25) is 5.91 Å². The molecule has 1 N–H and O–H groups in total. The summed E-state index contributed by atoms with van der Waals surface area (Å²) in [5, 5.41) is 2.76. The molecule has 0 saturated carbocycles. The van der Waals surface area contributed by atoms with Crippen molar-refractivity contribution in [2.75, 3.05) is 6.61 Å². The predicted octanol–water partition coefficient (Wildman–Crippen LogP) is 2.02. The van der Waals surface area contributed by atoms with Gasteiger partial charge < -0.3 is 10.1 Å². The first-order valence-electron chi connectivity index (χ1n) is 8.61. The van der Waals surface area contributed by atoms with Gasteiger partial charge >= 0.3 is 0 Å². The van der Waals surface area contributed by atoms with E-state index in [1.54, 1.807) is 18.5 Å². The second-order valence-electron chi connectivity index (χ2n) is 5.84. The molecule has 0 fully saturated rings. The molecule has 0 radical (unpaired) electrons. The summed E-state index contributed by atoms with van der Waals surface area (Å²) in [4.78, 5) is 32.6. The fourth-order valence-electron chi connectivity index (χ4n) is 2.51. The summed E-state index contributed by atoms with van der Waals surface area (Å²) in [7, 11) is 0. The summed E-state index contributed by atoms with van der Waals surface area (Å²) in [6.45, 7) is 2.78. The third-order valence-corrected chi connectivity index (χ3v) is 3.87. The molecule has 0 unspecified atom stereocenters. The van der Waals surface area contributed by atoms with Crippen LogP contribution in [0.25, 0.3) is 11.3 Å². The van der Waals surface area contributed by atoms with Crippen LogP contribution < -0.4 is 15.6 Å². The normalized spacial score (nSPS) is 10.4. The third kappa shape index (κ3) is 5.01. The number of nitrogens with one attached hydrogen (secondary N) is 1. The van der Waals surface area contributed by atoms with E-state index in [4.69, 9.17) is 4.74 Å². The molecule has 0 aliphatic heterocycles. The van der Waals surface area contributed by atoms with E-state index in [2.05, 4.69) is 15.3 Å². The minimum atomic E-state index is -0.287. The molecule has 7 heteroatoms. The molecule has 0 bridgehead atoms. The maximum absolute atomic E-state index is 12.3. The number of ether oxygens (including phenoxy) is 1. The zero-order valence-electron chi connectivity index (χ0n) is 15.0. The molecule has 3 aromatic rings. The lowest BCUT2D eigenvalue weighted by atomic mass is 10.1. The maximum Gasteiger partial charge on any atom is 0.254 e. The molecule has 138 valence electrons. The number of rotatable bonds is 7. The highest BCUT2D eigenvalue weighted by Gasteiger charge is 2.07. The van der Waals surface area contributed by atoms with Crippen LogP contribution in [-0.2, 0) is 17.9 Å². The van der Waals surface area contributed by atoms with Crippen molar-refractivity contribution in [2.24, 2.45) is 0 Å². The van der Waals surface area contributed by atoms with Crippen molar-refractivity contribution in [3.63, 3.8) is 0 Å². The molecular weight excluding hydrogens is 344 g/mol. The van der Waals surface area contributed by atoms with E-state index in [0.29, 0.717) is 18.8 Å². The van der Waals surface area contributed by atoms with Crippen molar-refractivity contribution < 1.29 is 9.53 Å². The second-order valence-corrected chi connectivity index (χ2v) is 5.84. The van der Waals surface area contributed by atoms with Crippen molar-refractivity contribution in [3.05, 3.63) is 77.1 Å². The number of amides is 1. The Morgan fingerprint density at radius 3 is 2.70 bits per heavy atom. The van der Waals surface area contributed by atoms with Crippen LogP contribution in [-0.4, -0.2) is 27.0 Å². The number of aromatic nitrogens is 3. The summed E-state index contributed by atoms with van der Waals surface area (Å²) in [6, 6.07) is 12.4. The lowest BCUT2D eigenvalue weighted by Crippen LogP contribution is -2.31. The smallest absolute Gasteiger partial charge is 0.254 e. The van der Waals surface area contributed by atoms with E-state index >= 15 is 0 Å². The molecule has 0 saturated heterocycles. The molecule has 7 nitrogen and oxygen atoms in total. The highest BCUT2D eigenvalue weighted by atomic mass is 16.5. The first-order valence-corrected chi connectivity index (χ1v) is 8.61. The van der Waals surface area contributed by atoms with Crippen molar-refractivity contribution in [1.29, 1.82) is 0 Å². The number of nitrogens with zero attached hydrogens (tertiary/aromatic N) is 3. The summed E-state index contributed by atoms with van der Waals surface area (Å²) in [5.41, 5.74) is 1.96. The lowest BCUT2D eigenvalue weighted by Gasteiger charge is -2.08. The summed E-state index contributed by atoms with van der Waals surface area (Å²) >= 11 is 0. The Morgan fingerprint density at radius 1 is 1.22 bits per heavy atom. The molecule has 0 atom stereocenters. The molecular formula is C20H20N4O3. The molecule has 0 aliphatic carbocycles. The van der Waals surface area contributed by atoms with Gasteiger partial charge in [-0.2, -0.15) is 0 Å².